The van der Waals surface area contributed by atoms with Gasteiger partial charge in [-0.3, -0.25) is 14.5 Å². The number of anilines is 1. The Morgan fingerprint density at radius 3 is 2.21 bits per heavy atom. The van der Waals surface area contributed by atoms with Crippen molar-refractivity contribution in [1.29, 1.82) is 0 Å². The zero-order valence-electron chi connectivity index (χ0n) is 21.5. The fourth-order valence-electron chi connectivity index (χ4n) is 4.66. The lowest BCUT2D eigenvalue weighted by molar-refractivity contribution is -0.132. The highest BCUT2D eigenvalue weighted by Crippen LogP contribution is 2.44. The number of amides is 1. The van der Waals surface area contributed by atoms with Crippen LogP contribution in [-0.4, -0.2) is 31.0 Å². The van der Waals surface area contributed by atoms with Crippen LogP contribution in [-0.2, 0) is 16.2 Å². The first-order valence-electron chi connectivity index (χ1n) is 12.4. The summed E-state index contributed by atoms with van der Waals surface area (Å²) in [5.41, 5.74) is 2.31. The lowest BCUT2D eigenvalue weighted by Gasteiger charge is -2.26. The van der Waals surface area contributed by atoms with E-state index in [4.69, 9.17) is 14.2 Å². The molecule has 0 aliphatic carbocycles. The van der Waals surface area contributed by atoms with Crippen LogP contribution in [0.25, 0.3) is 5.76 Å². The van der Waals surface area contributed by atoms with E-state index in [1.54, 1.807) is 60.7 Å². The number of benzene rings is 4. The van der Waals surface area contributed by atoms with E-state index in [0.29, 0.717) is 35.1 Å². The van der Waals surface area contributed by atoms with E-state index in [0.717, 1.165) is 5.56 Å². The van der Waals surface area contributed by atoms with Crippen LogP contribution in [0.2, 0.25) is 0 Å². The summed E-state index contributed by atoms with van der Waals surface area (Å²) in [5.74, 6) is -0.551. The fourth-order valence-corrected chi connectivity index (χ4v) is 4.66. The van der Waals surface area contributed by atoms with Crippen LogP contribution < -0.4 is 19.1 Å². The molecule has 1 atom stereocenters. The number of methoxy groups -OCH3 is 2. The van der Waals surface area contributed by atoms with Gasteiger partial charge in [0.15, 0.2) is 0 Å². The molecule has 1 N–H and O–H groups in total. The van der Waals surface area contributed by atoms with E-state index in [2.05, 4.69) is 0 Å². The smallest absolute Gasteiger partial charge is 0.300 e. The van der Waals surface area contributed by atoms with Gasteiger partial charge in [-0.1, -0.05) is 60.7 Å². The van der Waals surface area contributed by atoms with Crippen molar-refractivity contribution in [2.45, 2.75) is 12.6 Å². The van der Waals surface area contributed by atoms with E-state index in [-0.39, 0.29) is 16.9 Å². The third kappa shape index (κ3) is 5.07. The number of ether oxygens (including phenoxy) is 3. The topological polar surface area (TPSA) is 85.3 Å². The molecule has 196 valence electrons. The highest BCUT2D eigenvalue weighted by molar-refractivity contribution is 6.51. The maximum atomic E-state index is 13.5. The summed E-state index contributed by atoms with van der Waals surface area (Å²) >= 11 is 0. The largest absolute Gasteiger partial charge is 0.507 e. The lowest BCUT2D eigenvalue weighted by atomic mass is 9.94. The summed E-state index contributed by atoms with van der Waals surface area (Å²) in [6.07, 6.45) is 0. The Morgan fingerprint density at radius 1 is 0.795 bits per heavy atom. The lowest BCUT2D eigenvalue weighted by Crippen LogP contribution is -2.29. The van der Waals surface area contributed by atoms with E-state index in [1.165, 1.54) is 19.1 Å². The molecule has 1 amide bonds. The quantitative estimate of drug-likeness (QED) is 0.176. The molecule has 0 saturated carbocycles. The van der Waals surface area contributed by atoms with Crippen molar-refractivity contribution in [2.75, 3.05) is 19.1 Å². The molecule has 4 aromatic carbocycles. The zero-order valence-corrected chi connectivity index (χ0v) is 21.5. The Kier molecular flexibility index (Phi) is 7.32. The number of aliphatic hydroxyl groups excluding tert-OH is 1. The molecule has 4 aromatic rings. The van der Waals surface area contributed by atoms with Crippen LogP contribution in [0, 0.1) is 0 Å². The molecule has 7 heteroatoms. The van der Waals surface area contributed by atoms with Crippen molar-refractivity contribution in [1.82, 2.24) is 0 Å². The van der Waals surface area contributed by atoms with Crippen LogP contribution >= 0.6 is 0 Å². The summed E-state index contributed by atoms with van der Waals surface area (Å²) < 4.78 is 16.8. The van der Waals surface area contributed by atoms with Crippen LogP contribution in [0.4, 0.5) is 5.69 Å². The molecule has 5 rings (SSSR count). The van der Waals surface area contributed by atoms with Gasteiger partial charge in [-0.15, -0.1) is 0 Å². The second-order valence-electron chi connectivity index (χ2n) is 8.92. The highest BCUT2D eigenvalue weighted by Gasteiger charge is 2.47. The molecule has 1 unspecified atom stereocenters. The van der Waals surface area contributed by atoms with Gasteiger partial charge in [-0.25, -0.2) is 0 Å². The molecule has 39 heavy (non-hydrogen) atoms. The molecule has 0 bridgehead atoms. The molecule has 0 aromatic heterocycles. The normalized spacial score (nSPS) is 16.3. The van der Waals surface area contributed by atoms with Gasteiger partial charge in [0.05, 0.1) is 31.4 Å². The standard InChI is InChI=1S/C32H27NO6/c1-37-24-16-17-27(38-2)26(19-24)30(34)28-29(33(32(36)31(28)35)23-13-7-4-8-14-23)22-12-9-15-25(18-22)39-20-21-10-5-3-6-11-21/h3-19,29,34H,20H2,1-2H3/b30-28+. The van der Waals surface area contributed by atoms with E-state index >= 15 is 0 Å². The second-order valence-corrected chi connectivity index (χ2v) is 8.92. The van der Waals surface area contributed by atoms with Crippen LogP contribution in [0.5, 0.6) is 17.2 Å². The minimum Gasteiger partial charge on any atom is -0.507 e. The maximum absolute atomic E-state index is 13.5. The van der Waals surface area contributed by atoms with Crippen LogP contribution in [0.3, 0.4) is 0 Å². The molecule has 1 saturated heterocycles. The van der Waals surface area contributed by atoms with Crippen molar-refractivity contribution in [3.63, 3.8) is 0 Å². The third-order valence-corrected chi connectivity index (χ3v) is 6.56. The fraction of sp³-hybridized carbons (Fsp3) is 0.125. The number of hydrogen-bond acceptors (Lipinski definition) is 6. The number of Topliss-reactive ketones (excluding diaryl/α,β-unsaturated/α-hetero) is 1. The van der Waals surface area contributed by atoms with Gasteiger partial charge in [0.1, 0.15) is 29.6 Å². The predicted octanol–water partition coefficient (Wildman–Crippen LogP) is 5.91. The predicted molar refractivity (Wildman–Crippen MR) is 148 cm³/mol. The molecule has 1 fully saturated rings. The number of para-hydroxylation sites is 1. The van der Waals surface area contributed by atoms with Gasteiger partial charge in [0.25, 0.3) is 11.7 Å². The first-order valence-corrected chi connectivity index (χ1v) is 12.4. The van der Waals surface area contributed by atoms with Gasteiger partial charge >= 0.3 is 0 Å². The number of carbonyl (C=O) groups is 2. The van der Waals surface area contributed by atoms with Crippen molar-refractivity contribution < 1.29 is 28.9 Å². The Hall–Kier alpha value is -5.04. The van der Waals surface area contributed by atoms with Gasteiger partial charge in [0.2, 0.25) is 0 Å². The minimum absolute atomic E-state index is 0.0596. The third-order valence-electron chi connectivity index (χ3n) is 6.56. The summed E-state index contributed by atoms with van der Waals surface area (Å²) in [4.78, 5) is 28.4. The number of carbonyl (C=O) groups excluding carboxylic acids is 2. The first kappa shape index (κ1) is 25.6. The average molecular weight is 522 g/mol. The molecule has 7 nitrogen and oxygen atoms in total. The number of aliphatic hydroxyl groups is 1. The average Bonchev–Trinajstić information content (AvgIpc) is 3.26. The second kappa shape index (κ2) is 11.1. The van der Waals surface area contributed by atoms with Gasteiger partial charge < -0.3 is 19.3 Å². The van der Waals surface area contributed by atoms with Gasteiger partial charge in [0, 0.05) is 5.69 Å². The van der Waals surface area contributed by atoms with Crippen molar-refractivity contribution >= 4 is 23.1 Å². The van der Waals surface area contributed by atoms with Crippen LogP contribution in [0.15, 0.2) is 109 Å². The molecule has 1 aliphatic rings. The molecule has 0 spiro atoms. The number of nitrogens with zero attached hydrogens (tertiary/aromatic N) is 1. The number of hydrogen-bond donors (Lipinski definition) is 1. The summed E-state index contributed by atoms with van der Waals surface area (Å²) in [5, 5.41) is 11.6. The molecule has 1 aliphatic heterocycles. The van der Waals surface area contributed by atoms with Crippen molar-refractivity contribution in [2.24, 2.45) is 0 Å². The van der Waals surface area contributed by atoms with Gasteiger partial charge in [-0.05, 0) is 53.6 Å². The highest BCUT2D eigenvalue weighted by atomic mass is 16.5. The SMILES string of the molecule is COc1ccc(OC)c(/C(O)=C2\C(=O)C(=O)N(c3ccccc3)C2c2cccc(OCc3ccccc3)c2)c1. The molecular weight excluding hydrogens is 494 g/mol. The molecular formula is C32H27NO6. The number of ketones is 1. The van der Waals surface area contributed by atoms with Crippen molar-refractivity contribution in [3.05, 3.63) is 125 Å². The van der Waals surface area contributed by atoms with Crippen molar-refractivity contribution in [3.8, 4) is 17.2 Å². The van der Waals surface area contributed by atoms with E-state index < -0.39 is 17.7 Å². The monoisotopic (exact) mass is 521 g/mol. The molecule has 1 heterocycles. The van der Waals surface area contributed by atoms with Crippen LogP contribution in [0.1, 0.15) is 22.7 Å². The number of rotatable bonds is 8. The van der Waals surface area contributed by atoms with E-state index in [1.807, 2.05) is 42.5 Å². The summed E-state index contributed by atoms with van der Waals surface area (Å²) in [6, 6.07) is 29.8. The Bertz CT molecular complexity index is 1530. The van der Waals surface area contributed by atoms with Gasteiger partial charge in [-0.2, -0.15) is 0 Å². The first-order chi connectivity index (χ1) is 19.0. The molecule has 0 radical (unpaired) electrons. The summed E-state index contributed by atoms with van der Waals surface area (Å²) in [7, 11) is 2.97. The Balaban J connectivity index is 1.64. The maximum Gasteiger partial charge on any atom is 0.300 e. The summed E-state index contributed by atoms with van der Waals surface area (Å²) in [6.45, 7) is 0.351. The zero-order chi connectivity index (χ0) is 27.4. The van der Waals surface area contributed by atoms with E-state index in [9.17, 15) is 14.7 Å². The Morgan fingerprint density at radius 2 is 1.51 bits per heavy atom. The minimum atomic E-state index is -0.913. The Labute approximate surface area is 226 Å².